The Kier molecular flexibility index (Phi) is 4.47. The first kappa shape index (κ1) is 16.7. The quantitative estimate of drug-likeness (QED) is 0.837. The standard InChI is InChI=1S/C17H24FNO3/c1-12-7-6-8-13(14(12)18)17(21-5)9-10-19(11-17)15(20)22-16(2,3)4/h6-8H,9-11H2,1-5H3. The fourth-order valence-electron chi connectivity index (χ4n) is 2.76. The summed E-state index contributed by atoms with van der Waals surface area (Å²) in [5.41, 5.74) is -0.289. The molecule has 1 heterocycles. The smallest absolute Gasteiger partial charge is 0.410 e. The van der Waals surface area contributed by atoms with Crippen molar-refractivity contribution in [1.82, 2.24) is 4.90 Å². The molecule has 1 aliphatic heterocycles. The number of methoxy groups -OCH3 is 1. The predicted octanol–water partition coefficient (Wildman–Crippen LogP) is 3.62. The lowest BCUT2D eigenvalue weighted by atomic mass is 9.91. The maximum absolute atomic E-state index is 14.5. The summed E-state index contributed by atoms with van der Waals surface area (Å²) in [7, 11) is 1.56. The molecule has 1 aliphatic rings. The first-order chi connectivity index (χ1) is 10.2. The summed E-state index contributed by atoms with van der Waals surface area (Å²) in [5.74, 6) is -0.268. The first-order valence-corrected chi connectivity index (χ1v) is 7.47. The molecule has 1 fully saturated rings. The van der Waals surface area contributed by atoms with Gasteiger partial charge in [0, 0.05) is 25.6 Å². The molecule has 1 unspecified atom stereocenters. The zero-order chi connectivity index (χ0) is 16.5. The number of amides is 1. The molecule has 1 saturated heterocycles. The van der Waals surface area contributed by atoms with Crippen LogP contribution in [0.4, 0.5) is 9.18 Å². The number of carbonyl (C=O) groups is 1. The van der Waals surface area contributed by atoms with E-state index < -0.39 is 11.2 Å². The van der Waals surface area contributed by atoms with Gasteiger partial charge in [-0.1, -0.05) is 18.2 Å². The minimum absolute atomic E-state index is 0.268. The zero-order valence-corrected chi connectivity index (χ0v) is 13.9. The van der Waals surface area contributed by atoms with E-state index in [4.69, 9.17) is 9.47 Å². The van der Waals surface area contributed by atoms with E-state index in [1.54, 1.807) is 31.1 Å². The Morgan fingerprint density at radius 3 is 2.64 bits per heavy atom. The van der Waals surface area contributed by atoms with Gasteiger partial charge in [-0.3, -0.25) is 0 Å². The van der Waals surface area contributed by atoms with Crippen LogP contribution in [0.3, 0.4) is 0 Å². The summed E-state index contributed by atoms with van der Waals surface area (Å²) in [6, 6.07) is 5.26. The molecule has 22 heavy (non-hydrogen) atoms. The number of hydrogen-bond donors (Lipinski definition) is 0. The van der Waals surface area contributed by atoms with Crippen molar-refractivity contribution in [2.45, 2.75) is 45.3 Å². The van der Waals surface area contributed by atoms with Crippen LogP contribution >= 0.6 is 0 Å². The highest BCUT2D eigenvalue weighted by molar-refractivity contribution is 5.68. The lowest BCUT2D eigenvalue weighted by Crippen LogP contribution is -2.39. The number of halogens is 1. The summed E-state index contributed by atoms with van der Waals surface area (Å²) in [5, 5.41) is 0. The van der Waals surface area contributed by atoms with Gasteiger partial charge in [0.25, 0.3) is 0 Å². The first-order valence-electron chi connectivity index (χ1n) is 7.47. The Labute approximate surface area is 131 Å². The maximum atomic E-state index is 14.5. The minimum atomic E-state index is -0.812. The molecule has 4 nitrogen and oxygen atoms in total. The SMILES string of the molecule is COC1(c2cccc(C)c2F)CCN(C(=O)OC(C)(C)C)C1. The summed E-state index contributed by atoms with van der Waals surface area (Å²) in [4.78, 5) is 13.8. The van der Waals surface area contributed by atoms with Crippen molar-refractivity contribution in [2.24, 2.45) is 0 Å². The molecule has 0 N–H and O–H groups in total. The van der Waals surface area contributed by atoms with Gasteiger partial charge in [0.1, 0.15) is 17.0 Å². The lowest BCUT2D eigenvalue weighted by Gasteiger charge is -2.30. The molecule has 1 atom stereocenters. The van der Waals surface area contributed by atoms with Gasteiger partial charge in [0.2, 0.25) is 0 Å². The Balaban J connectivity index is 2.24. The van der Waals surface area contributed by atoms with E-state index in [0.29, 0.717) is 30.6 Å². The summed E-state index contributed by atoms with van der Waals surface area (Å²) < 4.78 is 25.5. The molecule has 1 aromatic carbocycles. The van der Waals surface area contributed by atoms with E-state index in [1.165, 1.54) is 0 Å². The lowest BCUT2D eigenvalue weighted by molar-refractivity contribution is -0.0153. The third-order valence-electron chi connectivity index (χ3n) is 3.96. The van der Waals surface area contributed by atoms with Crippen LogP contribution in [0.5, 0.6) is 0 Å². The average Bonchev–Trinajstić information content (AvgIpc) is 2.86. The number of hydrogen-bond acceptors (Lipinski definition) is 3. The summed E-state index contributed by atoms with van der Waals surface area (Å²) in [6.45, 7) is 7.97. The van der Waals surface area contributed by atoms with Crippen molar-refractivity contribution in [1.29, 1.82) is 0 Å². The average molecular weight is 309 g/mol. The predicted molar refractivity (Wildman–Crippen MR) is 82.2 cm³/mol. The number of nitrogens with zero attached hydrogens (tertiary/aromatic N) is 1. The van der Waals surface area contributed by atoms with Crippen LogP contribution in [0.25, 0.3) is 0 Å². The molecule has 1 aromatic rings. The highest BCUT2D eigenvalue weighted by atomic mass is 19.1. The van der Waals surface area contributed by atoms with Crippen molar-refractivity contribution in [3.63, 3.8) is 0 Å². The Morgan fingerprint density at radius 1 is 1.36 bits per heavy atom. The number of carbonyl (C=O) groups excluding carboxylic acids is 1. The van der Waals surface area contributed by atoms with Gasteiger partial charge in [-0.05, 0) is 33.3 Å². The van der Waals surface area contributed by atoms with Crippen LogP contribution in [-0.4, -0.2) is 36.8 Å². The second kappa shape index (κ2) is 5.88. The second-order valence-electron chi connectivity index (χ2n) is 6.79. The third kappa shape index (κ3) is 3.24. The van der Waals surface area contributed by atoms with Crippen molar-refractivity contribution >= 4 is 6.09 Å². The highest BCUT2D eigenvalue weighted by Crippen LogP contribution is 2.37. The molecule has 2 rings (SSSR count). The Morgan fingerprint density at radius 2 is 2.05 bits per heavy atom. The van der Waals surface area contributed by atoms with Crippen LogP contribution in [-0.2, 0) is 15.1 Å². The van der Waals surface area contributed by atoms with E-state index >= 15 is 0 Å². The molecular formula is C17H24FNO3. The number of likely N-dealkylation sites (tertiary alicyclic amines) is 1. The third-order valence-corrected chi connectivity index (χ3v) is 3.96. The molecule has 0 spiro atoms. The molecule has 0 aliphatic carbocycles. The topological polar surface area (TPSA) is 38.8 Å². The number of ether oxygens (including phenoxy) is 2. The van der Waals surface area contributed by atoms with Gasteiger partial charge in [-0.15, -0.1) is 0 Å². The van der Waals surface area contributed by atoms with Crippen LogP contribution in [0.15, 0.2) is 18.2 Å². The van der Waals surface area contributed by atoms with Gasteiger partial charge in [-0.25, -0.2) is 9.18 Å². The Hall–Kier alpha value is -1.62. The molecule has 0 saturated carbocycles. The fraction of sp³-hybridized carbons (Fsp3) is 0.588. The van der Waals surface area contributed by atoms with Gasteiger partial charge in [0.15, 0.2) is 0 Å². The van der Waals surface area contributed by atoms with Gasteiger partial charge >= 0.3 is 6.09 Å². The molecular weight excluding hydrogens is 285 g/mol. The highest BCUT2D eigenvalue weighted by Gasteiger charge is 2.44. The van der Waals surface area contributed by atoms with Crippen molar-refractivity contribution in [3.8, 4) is 0 Å². The van der Waals surface area contributed by atoms with Crippen molar-refractivity contribution in [2.75, 3.05) is 20.2 Å². The normalized spacial score (nSPS) is 22.0. The summed E-state index contributed by atoms with van der Waals surface area (Å²) in [6.07, 6.45) is 0.155. The fourth-order valence-corrected chi connectivity index (χ4v) is 2.76. The number of benzene rings is 1. The molecule has 1 amide bonds. The van der Waals surface area contributed by atoms with Gasteiger partial charge < -0.3 is 14.4 Å². The number of aryl methyl sites for hydroxylation is 1. The maximum Gasteiger partial charge on any atom is 0.410 e. The molecule has 5 heteroatoms. The van der Waals surface area contributed by atoms with Crippen LogP contribution < -0.4 is 0 Å². The molecule has 0 radical (unpaired) electrons. The Bertz CT molecular complexity index is 568. The number of rotatable bonds is 2. The molecule has 0 bridgehead atoms. The van der Waals surface area contributed by atoms with Crippen molar-refractivity contribution < 1.29 is 18.7 Å². The molecule has 122 valence electrons. The summed E-state index contributed by atoms with van der Waals surface area (Å²) >= 11 is 0. The van der Waals surface area contributed by atoms with Crippen molar-refractivity contribution in [3.05, 3.63) is 35.1 Å². The van der Waals surface area contributed by atoms with E-state index in [1.807, 2.05) is 26.8 Å². The monoisotopic (exact) mass is 309 g/mol. The van der Waals surface area contributed by atoms with E-state index in [9.17, 15) is 9.18 Å². The van der Waals surface area contributed by atoms with Crippen LogP contribution in [0.1, 0.15) is 38.3 Å². The van der Waals surface area contributed by atoms with E-state index in [2.05, 4.69) is 0 Å². The van der Waals surface area contributed by atoms with Gasteiger partial charge in [-0.2, -0.15) is 0 Å². The minimum Gasteiger partial charge on any atom is -0.444 e. The zero-order valence-electron chi connectivity index (χ0n) is 13.9. The second-order valence-corrected chi connectivity index (χ2v) is 6.79. The van der Waals surface area contributed by atoms with Gasteiger partial charge in [0.05, 0.1) is 6.54 Å². The van der Waals surface area contributed by atoms with Crippen LogP contribution in [0.2, 0.25) is 0 Å². The van der Waals surface area contributed by atoms with E-state index in [0.717, 1.165) is 0 Å². The largest absolute Gasteiger partial charge is 0.444 e. The van der Waals surface area contributed by atoms with Crippen LogP contribution in [0, 0.1) is 12.7 Å². The van der Waals surface area contributed by atoms with E-state index in [-0.39, 0.29) is 11.9 Å². The molecule has 0 aromatic heterocycles.